The molecule has 2 heterocycles. The van der Waals surface area contributed by atoms with E-state index in [9.17, 15) is 4.79 Å². The summed E-state index contributed by atoms with van der Waals surface area (Å²) >= 11 is 15.3. The number of hydrogen-bond donors (Lipinski definition) is 1. The van der Waals surface area contributed by atoms with Crippen molar-refractivity contribution in [3.63, 3.8) is 0 Å². The Morgan fingerprint density at radius 3 is 2.59 bits per heavy atom. The molecule has 29 heavy (non-hydrogen) atoms. The van der Waals surface area contributed by atoms with Gasteiger partial charge in [0.2, 0.25) is 5.91 Å². The van der Waals surface area contributed by atoms with Crippen molar-refractivity contribution in [3.8, 4) is 11.4 Å². The molecule has 0 saturated heterocycles. The summed E-state index contributed by atoms with van der Waals surface area (Å²) in [6, 6.07) is 5.27. The van der Waals surface area contributed by atoms with E-state index in [1.807, 2.05) is 0 Å². The van der Waals surface area contributed by atoms with Gasteiger partial charge in [0.1, 0.15) is 0 Å². The van der Waals surface area contributed by atoms with E-state index in [2.05, 4.69) is 53.2 Å². The van der Waals surface area contributed by atoms with Crippen LogP contribution in [0.4, 0.5) is 5.69 Å². The van der Waals surface area contributed by atoms with E-state index in [0.29, 0.717) is 20.9 Å². The van der Waals surface area contributed by atoms with Crippen LogP contribution in [0.1, 0.15) is 37.3 Å². The lowest BCUT2D eigenvalue weighted by atomic mass is 10.1. The van der Waals surface area contributed by atoms with Crippen LogP contribution in [-0.2, 0) is 11.2 Å². The molecular formula is C20H22Cl2N4OS2. The molecule has 0 saturated carbocycles. The SMILES string of the molecule is CCc1c(-c2nnc(SCC(=O)Nc3c(Cl)cccc3Cl)n2C(C)C)csc1C. The Morgan fingerprint density at radius 2 is 1.97 bits per heavy atom. The Hall–Kier alpha value is -1.54. The van der Waals surface area contributed by atoms with Gasteiger partial charge in [0.25, 0.3) is 0 Å². The van der Waals surface area contributed by atoms with Gasteiger partial charge in [-0.15, -0.1) is 21.5 Å². The second-order valence-electron chi connectivity index (χ2n) is 6.74. The number of benzene rings is 1. The van der Waals surface area contributed by atoms with E-state index in [1.54, 1.807) is 29.5 Å². The smallest absolute Gasteiger partial charge is 0.234 e. The molecular weight excluding hydrogens is 447 g/mol. The van der Waals surface area contributed by atoms with Gasteiger partial charge < -0.3 is 5.32 Å². The van der Waals surface area contributed by atoms with Crippen molar-refractivity contribution in [1.82, 2.24) is 14.8 Å². The van der Waals surface area contributed by atoms with Crippen molar-refractivity contribution < 1.29 is 4.79 Å². The molecule has 3 rings (SSSR count). The topological polar surface area (TPSA) is 59.8 Å². The number of para-hydroxylation sites is 1. The molecule has 9 heteroatoms. The molecule has 3 aromatic rings. The number of thiophene rings is 1. The van der Waals surface area contributed by atoms with Gasteiger partial charge in [-0.05, 0) is 44.9 Å². The lowest BCUT2D eigenvalue weighted by molar-refractivity contribution is -0.113. The quantitative estimate of drug-likeness (QED) is 0.402. The lowest BCUT2D eigenvalue weighted by Crippen LogP contribution is -2.15. The van der Waals surface area contributed by atoms with Gasteiger partial charge in [0.05, 0.1) is 21.5 Å². The Labute approximate surface area is 188 Å². The number of rotatable bonds is 7. The molecule has 154 valence electrons. The lowest BCUT2D eigenvalue weighted by Gasteiger charge is -2.14. The van der Waals surface area contributed by atoms with Gasteiger partial charge in [0, 0.05) is 21.9 Å². The molecule has 1 N–H and O–H groups in total. The second-order valence-corrected chi connectivity index (χ2v) is 9.58. The maximum absolute atomic E-state index is 12.4. The van der Waals surface area contributed by atoms with Crippen molar-refractivity contribution in [2.45, 2.75) is 45.3 Å². The van der Waals surface area contributed by atoms with Crippen LogP contribution >= 0.6 is 46.3 Å². The van der Waals surface area contributed by atoms with Gasteiger partial charge in [-0.3, -0.25) is 9.36 Å². The molecule has 0 bridgehead atoms. The summed E-state index contributed by atoms with van der Waals surface area (Å²) in [5.74, 6) is 0.819. The predicted molar refractivity (Wildman–Crippen MR) is 124 cm³/mol. The highest BCUT2D eigenvalue weighted by Crippen LogP contribution is 2.35. The number of halogens is 2. The van der Waals surface area contributed by atoms with Gasteiger partial charge in [-0.1, -0.05) is 48.0 Å². The maximum Gasteiger partial charge on any atom is 0.234 e. The third-order valence-corrected chi connectivity index (χ3v) is 6.97. The molecule has 0 aliphatic heterocycles. The monoisotopic (exact) mass is 468 g/mol. The molecule has 0 aliphatic rings. The van der Waals surface area contributed by atoms with Crippen LogP contribution in [0.15, 0.2) is 28.7 Å². The fourth-order valence-corrected chi connectivity index (χ4v) is 5.35. The van der Waals surface area contributed by atoms with Gasteiger partial charge in [-0.25, -0.2) is 0 Å². The Morgan fingerprint density at radius 1 is 1.28 bits per heavy atom. The zero-order chi connectivity index (χ0) is 21.1. The number of aryl methyl sites for hydroxylation is 1. The number of hydrogen-bond acceptors (Lipinski definition) is 5. The van der Waals surface area contributed by atoms with Crippen LogP contribution in [0.25, 0.3) is 11.4 Å². The Bertz CT molecular complexity index is 1010. The number of carbonyl (C=O) groups is 1. The molecule has 0 unspecified atom stereocenters. The highest BCUT2D eigenvalue weighted by Gasteiger charge is 2.21. The fraction of sp³-hybridized carbons (Fsp3) is 0.350. The van der Waals surface area contributed by atoms with E-state index >= 15 is 0 Å². The largest absolute Gasteiger partial charge is 0.323 e. The Kier molecular flexibility index (Phi) is 7.27. The minimum absolute atomic E-state index is 0.161. The molecule has 0 spiro atoms. The average Bonchev–Trinajstić information content (AvgIpc) is 3.26. The van der Waals surface area contributed by atoms with Gasteiger partial charge in [0.15, 0.2) is 11.0 Å². The summed E-state index contributed by atoms with van der Waals surface area (Å²) in [5, 5.41) is 15.2. The van der Waals surface area contributed by atoms with E-state index in [-0.39, 0.29) is 17.7 Å². The summed E-state index contributed by atoms with van der Waals surface area (Å²) < 4.78 is 2.08. The van der Waals surface area contributed by atoms with Gasteiger partial charge in [-0.2, -0.15) is 0 Å². The highest BCUT2D eigenvalue weighted by atomic mass is 35.5. The Balaban J connectivity index is 1.80. The third kappa shape index (κ3) is 4.79. The summed E-state index contributed by atoms with van der Waals surface area (Å²) in [7, 11) is 0. The fourth-order valence-electron chi connectivity index (χ4n) is 3.05. The van der Waals surface area contributed by atoms with Crippen LogP contribution in [0.2, 0.25) is 10.0 Å². The van der Waals surface area contributed by atoms with E-state index in [0.717, 1.165) is 17.8 Å². The minimum Gasteiger partial charge on any atom is -0.323 e. The standard InChI is InChI=1S/C20H22Cl2N4OS2/c1-5-13-12(4)28-9-14(13)19-24-25-20(26(19)11(2)3)29-10-17(27)23-18-15(21)7-6-8-16(18)22/h6-9,11H,5,10H2,1-4H3,(H,23,27). The number of amides is 1. The first kappa shape index (κ1) is 22.2. The van der Waals surface area contributed by atoms with Crippen LogP contribution < -0.4 is 5.32 Å². The van der Waals surface area contributed by atoms with Crippen molar-refractivity contribution >= 4 is 57.9 Å². The predicted octanol–water partition coefficient (Wildman–Crippen LogP) is 6.50. The average molecular weight is 469 g/mol. The number of nitrogens with zero attached hydrogens (tertiary/aromatic N) is 3. The number of thioether (sulfide) groups is 1. The molecule has 2 aromatic heterocycles. The molecule has 1 aromatic carbocycles. The minimum atomic E-state index is -0.203. The molecule has 1 amide bonds. The summed E-state index contributed by atoms with van der Waals surface area (Å²) in [6.45, 7) is 8.45. The van der Waals surface area contributed by atoms with Crippen LogP contribution in [0.5, 0.6) is 0 Å². The first-order valence-electron chi connectivity index (χ1n) is 9.22. The second kappa shape index (κ2) is 9.51. The van der Waals surface area contributed by atoms with E-state index in [4.69, 9.17) is 23.2 Å². The molecule has 0 atom stereocenters. The normalized spacial score (nSPS) is 11.3. The van der Waals surface area contributed by atoms with Crippen molar-refractivity contribution in [2.24, 2.45) is 0 Å². The number of anilines is 1. The first-order valence-corrected chi connectivity index (χ1v) is 11.8. The number of aromatic nitrogens is 3. The number of nitrogens with one attached hydrogen (secondary N) is 1. The first-order chi connectivity index (χ1) is 13.8. The van der Waals surface area contributed by atoms with Crippen molar-refractivity contribution in [2.75, 3.05) is 11.1 Å². The molecule has 5 nitrogen and oxygen atoms in total. The van der Waals surface area contributed by atoms with Crippen LogP contribution in [0, 0.1) is 6.92 Å². The molecule has 0 radical (unpaired) electrons. The van der Waals surface area contributed by atoms with Crippen molar-refractivity contribution in [3.05, 3.63) is 44.1 Å². The maximum atomic E-state index is 12.4. The van der Waals surface area contributed by atoms with Crippen molar-refractivity contribution in [1.29, 1.82) is 0 Å². The highest BCUT2D eigenvalue weighted by molar-refractivity contribution is 7.99. The third-order valence-electron chi connectivity index (χ3n) is 4.44. The molecule has 0 aliphatic carbocycles. The molecule has 0 fully saturated rings. The van der Waals surface area contributed by atoms with E-state index < -0.39 is 0 Å². The summed E-state index contributed by atoms with van der Waals surface area (Å²) in [6.07, 6.45) is 0.944. The van der Waals surface area contributed by atoms with E-state index in [1.165, 1.54) is 22.2 Å². The number of carbonyl (C=O) groups excluding carboxylic acids is 1. The zero-order valence-corrected chi connectivity index (χ0v) is 19.8. The zero-order valence-electron chi connectivity index (χ0n) is 16.6. The summed E-state index contributed by atoms with van der Waals surface area (Å²) in [5.41, 5.74) is 2.84. The van der Waals surface area contributed by atoms with Gasteiger partial charge >= 0.3 is 0 Å². The van der Waals surface area contributed by atoms with Crippen LogP contribution in [0.3, 0.4) is 0 Å². The van der Waals surface area contributed by atoms with Crippen LogP contribution in [-0.4, -0.2) is 26.4 Å². The summed E-state index contributed by atoms with van der Waals surface area (Å²) in [4.78, 5) is 13.7.